The van der Waals surface area contributed by atoms with Gasteiger partial charge in [-0.2, -0.15) is 5.10 Å². The van der Waals surface area contributed by atoms with Gasteiger partial charge in [-0.25, -0.2) is 4.98 Å². The van der Waals surface area contributed by atoms with Crippen LogP contribution in [0.2, 0.25) is 0 Å². The van der Waals surface area contributed by atoms with Crippen LogP contribution in [0.1, 0.15) is 29.5 Å². The lowest BCUT2D eigenvalue weighted by molar-refractivity contribution is 0.182. The minimum Gasteiger partial charge on any atom is -0.378 e. The van der Waals surface area contributed by atoms with Crippen LogP contribution in [-0.2, 0) is 18.4 Å². The van der Waals surface area contributed by atoms with E-state index in [1.165, 1.54) is 17.8 Å². The Balaban J connectivity index is 2.08. The lowest BCUT2D eigenvalue weighted by Crippen LogP contribution is -1.96. The largest absolute Gasteiger partial charge is 0.378 e. The van der Waals surface area contributed by atoms with Crippen LogP contribution in [0.4, 0.5) is 0 Å². The standard InChI is InChI=1S/C11H14N4OS2/c1-15-9(13-14-11(15)17)8-7(5-16-2)12-10(18-8)6-3-4-6/h6H,3-5H2,1-2H3,(H,14,17). The van der Waals surface area contributed by atoms with Crippen molar-refractivity contribution in [3.8, 4) is 10.7 Å². The van der Waals surface area contributed by atoms with Gasteiger partial charge in [0.25, 0.3) is 0 Å². The number of nitrogens with zero attached hydrogens (tertiary/aromatic N) is 3. The van der Waals surface area contributed by atoms with E-state index in [-0.39, 0.29) is 0 Å². The van der Waals surface area contributed by atoms with Gasteiger partial charge in [0.15, 0.2) is 10.6 Å². The first kappa shape index (κ1) is 12.0. The fraction of sp³-hybridized carbons (Fsp3) is 0.545. The number of hydrogen-bond acceptors (Lipinski definition) is 5. The predicted molar refractivity (Wildman–Crippen MR) is 72.2 cm³/mol. The molecular formula is C11H14N4OS2. The quantitative estimate of drug-likeness (QED) is 0.876. The Hall–Kier alpha value is -1.05. The van der Waals surface area contributed by atoms with E-state index in [0.29, 0.717) is 17.3 Å². The Morgan fingerprint density at radius 2 is 2.33 bits per heavy atom. The molecule has 3 rings (SSSR count). The van der Waals surface area contributed by atoms with Crippen molar-refractivity contribution < 1.29 is 4.74 Å². The van der Waals surface area contributed by atoms with Crippen LogP contribution in [0.5, 0.6) is 0 Å². The maximum atomic E-state index is 5.22. The second-order valence-corrected chi connectivity index (χ2v) is 5.86. The SMILES string of the molecule is COCc1nc(C2CC2)sc1-c1n[nH]c(=S)n1C. The van der Waals surface area contributed by atoms with Crippen LogP contribution in [0, 0.1) is 4.77 Å². The van der Waals surface area contributed by atoms with Crippen molar-refractivity contribution in [2.24, 2.45) is 7.05 Å². The Morgan fingerprint density at radius 1 is 1.56 bits per heavy atom. The number of aromatic amines is 1. The fourth-order valence-electron chi connectivity index (χ4n) is 1.83. The summed E-state index contributed by atoms with van der Waals surface area (Å²) in [7, 11) is 3.59. The average molecular weight is 282 g/mol. The maximum Gasteiger partial charge on any atom is 0.195 e. The van der Waals surface area contributed by atoms with E-state index < -0.39 is 0 Å². The van der Waals surface area contributed by atoms with Gasteiger partial charge in [0.2, 0.25) is 0 Å². The number of nitrogens with one attached hydrogen (secondary N) is 1. The van der Waals surface area contributed by atoms with Crippen molar-refractivity contribution in [1.29, 1.82) is 0 Å². The highest BCUT2D eigenvalue weighted by Gasteiger charge is 2.29. The number of aromatic nitrogens is 4. The van der Waals surface area contributed by atoms with E-state index >= 15 is 0 Å². The van der Waals surface area contributed by atoms with E-state index in [4.69, 9.17) is 17.0 Å². The Kier molecular flexibility index (Phi) is 3.04. The zero-order valence-corrected chi connectivity index (χ0v) is 11.9. The van der Waals surface area contributed by atoms with Gasteiger partial charge in [-0.1, -0.05) is 0 Å². The monoisotopic (exact) mass is 282 g/mol. The summed E-state index contributed by atoms with van der Waals surface area (Å²) in [4.78, 5) is 5.74. The normalized spacial score (nSPS) is 15.2. The van der Waals surface area contributed by atoms with E-state index in [1.54, 1.807) is 18.4 Å². The molecule has 0 amide bonds. The molecule has 2 heterocycles. The van der Waals surface area contributed by atoms with Crippen molar-refractivity contribution in [2.45, 2.75) is 25.4 Å². The summed E-state index contributed by atoms with van der Waals surface area (Å²) in [5.74, 6) is 1.49. The number of ether oxygens (including phenoxy) is 1. The fourth-order valence-corrected chi connectivity index (χ4v) is 3.23. The van der Waals surface area contributed by atoms with Crippen molar-refractivity contribution >= 4 is 23.6 Å². The molecule has 2 aromatic heterocycles. The maximum absolute atomic E-state index is 5.22. The highest BCUT2D eigenvalue weighted by atomic mass is 32.1. The van der Waals surface area contributed by atoms with Crippen LogP contribution in [-0.4, -0.2) is 26.9 Å². The summed E-state index contributed by atoms with van der Waals surface area (Å²) in [6.07, 6.45) is 2.50. The Bertz CT molecular complexity index is 623. The van der Waals surface area contributed by atoms with Gasteiger partial charge in [-0.05, 0) is 25.1 Å². The molecule has 0 spiro atoms. The number of methoxy groups -OCH3 is 1. The minimum atomic E-state index is 0.512. The first-order valence-electron chi connectivity index (χ1n) is 5.81. The molecule has 0 unspecified atom stereocenters. The van der Waals surface area contributed by atoms with Gasteiger partial charge < -0.3 is 9.30 Å². The summed E-state index contributed by atoms with van der Waals surface area (Å²) >= 11 is 6.86. The molecule has 1 fully saturated rings. The summed E-state index contributed by atoms with van der Waals surface area (Å²) in [6.45, 7) is 0.512. The second-order valence-electron chi connectivity index (χ2n) is 4.45. The van der Waals surface area contributed by atoms with E-state index in [2.05, 4.69) is 15.2 Å². The minimum absolute atomic E-state index is 0.512. The molecule has 0 atom stereocenters. The van der Waals surface area contributed by atoms with Crippen molar-refractivity contribution in [2.75, 3.05) is 7.11 Å². The third kappa shape index (κ3) is 2.02. The van der Waals surface area contributed by atoms with Crippen LogP contribution in [0.25, 0.3) is 10.7 Å². The lowest BCUT2D eigenvalue weighted by atomic mass is 10.3. The molecule has 0 radical (unpaired) electrons. The van der Waals surface area contributed by atoms with E-state index in [0.717, 1.165) is 16.4 Å². The third-order valence-corrected chi connectivity index (χ3v) is 4.63. The summed E-state index contributed by atoms with van der Waals surface area (Å²) in [6, 6.07) is 0. The Labute approximate surface area is 114 Å². The van der Waals surface area contributed by atoms with E-state index in [1.807, 2.05) is 11.6 Å². The molecule has 7 heteroatoms. The first-order chi connectivity index (χ1) is 8.70. The highest BCUT2D eigenvalue weighted by molar-refractivity contribution is 7.71. The van der Waals surface area contributed by atoms with Crippen molar-refractivity contribution in [1.82, 2.24) is 19.7 Å². The van der Waals surface area contributed by atoms with Crippen molar-refractivity contribution in [3.63, 3.8) is 0 Å². The molecule has 2 aromatic rings. The Morgan fingerprint density at radius 3 is 2.89 bits per heavy atom. The summed E-state index contributed by atoms with van der Waals surface area (Å²) in [5, 5.41) is 8.29. The zero-order chi connectivity index (χ0) is 12.7. The smallest absolute Gasteiger partial charge is 0.195 e. The lowest BCUT2D eigenvalue weighted by Gasteiger charge is -2.00. The zero-order valence-electron chi connectivity index (χ0n) is 10.3. The number of thiazole rings is 1. The molecule has 0 aromatic carbocycles. The molecule has 5 nitrogen and oxygen atoms in total. The summed E-state index contributed by atoms with van der Waals surface area (Å²) < 4.78 is 7.71. The molecule has 96 valence electrons. The van der Waals surface area contributed by atoms with E-state index in [9.17, 15) is 0 Å². The topological polar surface area (TPSA) is 55.7 Å². The van der Waals surface area contributed by atoms with Gasteiger partial charge in [0, 0.05) is 20.1 Å². The third-order valence-electron chi connectivity index (χ3n) is 3.00. The van der Waals surface area contributed by atoms with Crippen LogP contribution >= 0.6 is 23.6 Å². The number of rotatable bonds is 4. The predicted octanol–water partition coefficient (Wildman–Crippen LogP) is 2.62. The molecule has 0 bridgehead atoms. The van der Waals surface area contributed by atoms with Crippen LogP contribution in [0.15, 0.2) is 0 Å². The molecular weight excluding hydrogens is 268 g/mol. The number of H-pyrrole nitrogens is 1. The molecule has 1 N–H and O–H groups in total. The van der Waals surface area contributed by atoms with Gasteiger partial charge in [-0.3, -0.25) is 5.10 Å². The molecule has 0 saturated heterocycles. The average Bonchev–Trinajstić information content (AvgIpc) is 3.05. The summed E-state index contributed by atoms with van der Waals surface area (Å²) in [5.41, 5.74) is 0.960. The molecule has 1 saturated carbocycles. The number of hydrogen-bond donors (Lipinski definition) is 1. The molecule has 18 heavy (non-hydrogen) atoms. The molecule has 1 aliphatic carbocycles. The highest BCUT2D eigenvalue weighted by Crippen LogP contribution is 2.44. The van der Waals surface area contributed by atoms with Gasteiger partial charge in [0.1, 0.15) is 0 Å². The van der Waals surface area contributed by atoms with Gasteiger partial charge in [-0.15, -0.1) is 11.3 Å². The van der Waals surface area contributed by atoms with Crippen molar-refractivity contribution in [3.05, 3.63) is 15.5 Å². The van der Waals surface area contributed by atoms with Crippen LogP contribution < -0.4 is 0 Å². The molecule has 1 aliphatic rings. The van der Waals surface area contributed by atoms with Gasteiger partial charge >= 0.3 is 0 Å². The molecule has 0 aliphatic heterocycles. The second kappa shape index (κ2) is 4.56. The van der Waals surface area contributed by atoms with Crippen LogP contribution in [0.3, 0.4) is 0 Å². The van der Waals surface area contributed by atoms with Gasteiger partial charge in [0.05, 0.1) is 22.2 Å². The first-order valence-corrected chi connectivity index (χ1v) is 7.03.